The normalized spacial score (nSPS) is 19.1. The number of hydrogen-bond acceptors (Lipinski definition) is 1. The van der Waals surface area contributed by atoms with E-state index in [9.17, 15) is 4.39 Å². The lowest BCUT2D eigenvalue weighted by atomic mass is 10.1. The Hall–Kier alpha value is -0.630. The summed E-state index contributed by atoms with van der Waals surface area (Å²) in [6, 6.07) is 0. The molecule has 0 amide bonds. The smallest absolute Gasteiger partial charge is 0.138 e. The Morgan fingerprint density at radius 2 is 2.22 bits per heavy atom. The molecule has 0 aromatic rings. The van der Waals surface area contributed by atoms with Gasteiger partial charge >= 0.3 is 0 Å². The van der Waals surface area contributed by atoms with Gasteiger partial charge in [0.25, 0.3) is 0 Å². The molecule has 48 valence electrons. The Balaban J connectivity index is 2.87. The summed E-state index contributed by atoms with van der Waals surface area (Å²) in [6.07, 6.45) is 2.83. The number of nitrogens with one attached hydrogen (secondary N) is 1. The van der Waals surface area contributed by atoms with E-state index >= 15 is 0 Å². The number of halogens is 2. The summed E-state index contributed by atoms with van der Waals surface area (Å²) in [5, 5.41) is 7.16. The Kier molecular flexibility index (Phi) is 1.67. The van der Waals surface area contributed by atoms with Crippen molar-refractivity contribution >= 4 is 17.3 Å². The van der Waals surface area contributed by atoms with E-state index < -0.39 is 5.83 Å². The van der Waals surface area contributed by atoms with Crippen LogP contribution in [0.25, 0.3) is 0 Å². The number of allylic oxidation sites excluding steroid dienone is 4. The van der Waals surface area contributed by atoms with Crippen LogP contribution in [-0.4, -0.2) is 5.71 Å². The van der Waals surface area contributed by atoms with Crippen molar-refractivity contribution in [2.75, 3.05) is 0 Å². The summed E-state index contributed by atoms with van der Waals surface area (Å²) in [5.74, 6) is -0.423. The zero-order valence-corrected chi connectivity index (χ0v) is 5.37. The van der Waals surface area contributed by atoms with Crippen LogP contribution in [0.1, 0.15) is 6.42 Å². The zero-order valence-electron chi connectivity index (χ0n) is 4.62. The molecule has 0 bridgehead atoms. The van der Waals surface area contributed by atoms with E-state index in [1.807, 2.05) is 0 Å². The lowest BCUT2D eigenvalue weighted by Gasteiger charge is -2.02. The molecule has 0 heterocycles. The minimum absolute atomic E-state index is 0.127. The first kappa shape index (κ1) is 6.49. The number of rotatable bonds is 0. The van der Waals surface area contributed by atoms with E-state index in [1.165, 1.54) is 12.2 Å². The molecule has 0 unspecified atom stereocenters. The van der Waals surface area contributed by atoms with Crippen LogP contribution in [0.2, 0.25) is 0 Å². The second-order valence-corrected chi connectivity index (χ2v) is 2.24. The second kappa shape index (κ2) is 2.31. The van der Waals surface area contributed by atoms with Crippen LogP contribution in [0, 0.1) is 5.41 Å². The van der Waals surface area contributed by atoms with Crippen LogP contribution < -0.4 is 0 Å². The van der Waals surface area contributed by atoms with Gasteiger partial charge in [-0.05, 0) is 12.2 Å². The second-order valence-electron chi connectivity index (χ2n) is 1.79. The molecule has 0 aromatic heterocycles. The van der Waals surface area contributed by atoms with E-state index in [1.54, 1.807) is 0 Å². The Morgan fingerprint density at radius 1 is 1.56 bits per heavy atom. The minimum atomic E-state index is -0.423. The molecule has 0 aromatic carbocycles. The topological polar surface area (TPSA) is 23.9 Å². The van der Waals surface area contributed by atoms with Gasteiger partial charge in [-0.3, -0.25) is 0 Å². The van der Waals surface area contributed by atoms with Crippen molar-refractivity contribution in [1.82, 2.24) is 0 Å². The first-order valence-electron chi connectivity index (χ1n) is 2.50. The standard InChI is InChI=1S/C6H5ClFN/c7-5-3-4(9)1-2-6(5)8/h1-2,9H,3H2. The van der Waals surface area contributed by atoms with Gasteiger partial charge in [0.05, 0.1) is 5.03 Å². The third-order valence-electron chi connectivity index (χ3n) is 1.04. The van der Waals surface area contributed by atoms with E-state index in [4.69, 9.17) is 17.0 Å². The van der Waals surface area contributed by atoms with Crippen LogP contribution in [0.15, 0.2) is 23.0 Å². The van der Waals surface area contributed by atoms with Gasteiger partial charge in [-0.1, -0.05) is 11.6 Å². The molecule has 3 heteroatoms. The largest absolute Gasteiger partial charge is 0.305 e. The van der Waals surface area contributed by atoms with E-state index in [2.05, 4.69) is 0 Å². The van der Waals surface area contributed by atoms with Gasteiger partial charge < -0.3 is 5.41 Å². The molecule has 1 aliphatic rings. The first-order chi connectivity index (χ1) is 4.20. The lowest BCUT2D eigenvalue weighted by Crippen LogP contribution is -1.96. The Bertz CT molecular complexity index is 205. The maximum absolute atomic E-state index is 12.3. The molecule has 1 aliphatic carbocycles. The van der Waals surface area contributed by atoms with E-state index in [-0.39, 0.29) is 11.5 Å². The summed E-state index contributed by atoms with van der Waals surface area (Å²) in [5.41, 5.74) is 0.349. The van der Waals surface area contributed by atoms with Gasteiger partial charge in [-0.2, -0.15) is 0 Å². The molecular formula is C6H5ClFN. The molecule has 1 nitrogen and oxygen atoms in total. The van der Waals surface area contributed by atoms with Crippen molar-refractivity contribution in [3.63, 3.8) is 0 Å². The fraction of sp³-hybridized carbons (Fsp3) is 0.167. The fourth-order valence-electron chi connectivity index (χ4n) is 0.575. The highest BCUT2D eigenvalue weighted by atomic mass is 35.5. The third kappa shape index (κ3) is 1.39. The SMILES string of the molecule is N=C1C=CC(F)=C(Cl)C1. The average Bonchev–Trinajstić information content (AvgIpc) is 1.80. The minimum Gasteiger partial charge on any atom is -0.305 e. The molecule has 1 N–H and O–H groups in total. The summed E-state index contributed by atoms with van der Waals surface area (Å²) < 4.78 is 12.3. The van der Waals surface area contributed by atoms with E-state index in [0.29, 0.717) is 5.71 Å². The van der Waals surface area contributed by atoms with Crippen molar-refractivity contribution in [1.29, 1.82) is 5.41 Å². The van der Waals surface area contributed by atoms with Gasteiger partial charge in [-0.15, -0.1) is 0 Å². The van der Waals surface area contributed by atoms with Gasteiger partial charge in [0.15, 0.2) is 0 Å². The zero-order chi connectivity index (χ0) is 6.85. The van der Waals surface area contributed by atoms with Crippen LogP contribution in [-0.2, 0) is 0 Å². The molecule has 0 saturated heterocycles. The quantitative estimate of drug-likeness (QED) is 0.541. The van der Waals surface area contributed by atoms with Crippen molar-refractivity contribution in [3.8, 4) is 0 Å². The lowest BCUT2D eigenvalue weighted by molar-refractivity contribution is 0.658. The van der Waals surface area contributed by atoms with Gasteiger partial charge in [0, 0.05) is 12.1 Å². The molecular weight excluding hydrogens is 141 g/mol. The van der Waals surface area contributed by atoms with Gasteiger partial charge in [0.2, 0.25) is 0 Å². The molecule has 0 spiro atoms. The fourth-order valence-corrected chi connectivity index (χ4v) is 0.782. The maximum Gasteiger partial charge on any atom is 0.138 e. The van der Waals surface area contributed by atoms with Crippen molar-refractivity contribution < 1.29 is 4.39 Å². The predicted octanol–water partition coefficient (Wildman–Crippen LogP) is 2.39. The summed E-state index contributed by atoms with van der Waals surface area (Å²) in [4.78, 5) is 0. The van der Waals surface area contributed by atoms with Crippen molar-refractivity contribution in [2.45, 2.75) is 6.42 Å². The maximum atomic E-state index is 12.3. The van der Waals surface area contributed by atoms with Crippen molar-refractivity contribution in [2.24, 2.45) is 0 Å². The Labute approximate surface area is 57.3 Å². The molecule has 1 rings (SSSR count). The molecule has 0 saturated carbocycles. The monoisotopic (exact) mass is 145 g/mol. The highest BCUT2D eigenvalue weighted by Gasteiger charge is 2.07. The van der Waals surface area contributed by atoms with Gasteiger partial charge in [-0.25, -0.2) is 4.39 Å². The molecule has 0 aliphatic heterocycles. The van der Waals surface area contributed by atoms with E-state index in [0.717, 1.165) is 0 Å². The first-order valence-corrected chi connectivity index (χ1v) is 2.87. The van der Waals surface area contributed by atoms with Crippen LogP contribution in [0.3, 0.4) is 0 Å². The van der Waals surface area contributed by atoms with Crippen LogP contribution in [0.4, 0.5) is 4.39 Å². The predicted molar refractivity (Wildman–Crippen MR) is 35.5 cm³/mol. The molecule has 9 heavy (non-hydrogen) atoms. The third-order valence-corrected chi connectivity index (χ3v) is 1.35. The Morgan fingerprint density at radius 3 is 2.67 bits per heavy atom. The summed E-state index contributed by atoms with van der Waals surface area (Å²) in [7, 11) is 0. The van der Waals surface area contributed by atoms with Crippen molar-refractivity contribution in [3.05, 3.63) is 23.0 Å². The van der Waals surface area contributed by atoms with Crippen LogP contribution in [0.5, 0.6) is 0 Å². The molecule has 0 fully saturated rings. The average molecular weight is 146 g/mol. The molecule has 0 atom stereocenters. The summed E-state index contributed by atoms with van der Waals surface area (Å²) >= 11 is 5.37. The highest BCUT2D eigenvalue weighted by molar-refractivity contribution is 6.32. The van der Waals surface area contributed by atoms with Gasteiger partial charge in [0.1, 0.15) is 5.83 Å². The number of hydrogen-bond donors (Lipinski definition) is 1. The summed E-state index contributed by atoms with van der Waals surface area (Å²) in [6.45, 7) is 0. The molecule has 0 radical (unpaired) electrons. The highest BCUT2D eigenvalue weighted by Crippen LogP contribution is 2.20. The van der Waals surface area contributed by atoms with Crippen LogP contribution >= 0.6 is 11.6 Å².